The summed E-state index contributed by atoms with van der Waals surface area (Å²) in [6.45, 7) is 5.25. The molecular weight excluding hydrogens is 226 g/mol. The summed E-state index contributed by atoms with van der Waals surface area (Å²) in [6, 6.07) is 8.32. The molecule has 1 aromatic carbocycles. The lowest BCUT2D eigenvalue weighted by Gasteiger charge is -2.22. The molecule has 18 heavy (non-hydrogen) atoms. The Morgan fingerprint density at radius 1 is 1.33 bits per heavy atom. The molecule has 3 nitrogen and oxygen atoms in total. The van der Waals surface area contributed by atoms with Crippen molar-refractivity contribution >= 4 is 0 Å². The highest BCUT2D eigenvalue weighted by atomic mass is 16.5. The van der Waals surface area contributed by atoms with Crippen molar-refractivity contribution in [3.63, 3.8) is 0 Å². The van der Waals surface area contributed by atoms with Crippen LogP contribution < -0.4 is 4.74 Å². The van der Waals surface area contributed by atoms with Crippen LogP contribution in [0.25, 0.3) is 0 Å². The number of para-hydroxylation sites is 1. The summed E-state index contributed by atoms with van der Waals surface area (Å²) in [6.07, 6.45) is 2.51. The van der Waals surface area contributed by atoms with Gasteiger partial charge in [-0.05, 0) is 25.5 Å². The molecule has 2 aliphatic heterocycles. The topological polar surface area (TPSA) is 21.7 Å². The van der Waals surface area contributed by atoms with Crippen molar-refractivity contribution < 1.29 is 9.47 Å². The van der Waals surface area contributed by atoms with Gasteiger partial charge in [0, 0.05) is 30.7 Å². The Balaban J connectivity index is 1.67. The van der Waals surface area contributed by atoms with E-state index in [0.717, 1.165) is 25.5 Å². The molecule has 0 saturated carbocycles. The van der Waals surface area contributed by atoms with E-state index in [1.807, 2.05) is 12.1 Å². The maximum atomic E-state index is 5.57. The molecule has 0 aromatic heterocycles. The normalized spacial score (nSPS) is 28.1. The zero-order chi connectivity index (χ0) is 12.4. The lowest BCUT2D eigenvalue weighted by molar-refractivity contribution is 0.151. The molecule has 0 aliphatic carbocycles. The van der Waals surface area contributed by atoms with Crippen LogP contribution >= 0.6 is 0 Å². The number of hydrogen-bond donors (Lipinski definition) is 0. The fraction of sp³-hybridized carbons (Fsp3) is 0.600. The Labute approximate surface area is 109 Å². The third-order valence-electron chi connectivity index (χ3n) is 4.29. The van der Waals surface area contributed by atoms with Gasteiger partial charge in [0.1, 0.15) is 5.75 Å². The highest BCUT2D eigenvalue weighted by Crippen LogP contribution is 2.39. The molecule has 1 atom stereocenters. The van der Waals surface area contributed by atoms with Crippen LogP contribution in [0.2, 0.25) is 0 Å². The first kappa shape index (κ1) is 12.0. The average Bonchev–Trinajstić information content (AvgIpc) is 3.01. The van der Waals surface area contributed by atoms with E-state index < -0.39 is 0 Å². The maximum absolute atomic E-state index is 5.57. The first-order chi connectivity index (χ1) is 8.81. The molecule has 0 N–H and O–H groups in total. The second-order valence-corrected chi connectivity index (χ2v) is 5.58. The molecule has 0 bridgehead atoms. The monoisotopic (exact) mass is 247 g/mol. The predicted molar refractivity (Wildman–Crippen MR) is 70.8 cm³/mol. The van der Waals surface area contributed by atoms with Crippen molar-refractivity contribution in [3.8, 4) is 5.75 Å². The van der Waals surface area contributed by atoms with Gasteiger partial charge in [0.2, 0.25) is 0 Å². The van der Waals surface area contributed by atoms with Crippen molar-refractivity contribution in [2.45, 2.75) is 19.4 Å². The second-order valence-electron chi connectivity index (χ2n) is 5.58. The lowest BCUT2D eigenvalue weighted by atomic mass is 9.87. The van der Waals surface area contributed by atoms with Crippen molar-refractivity contribution in [2.24, 2.45) is 5.41 Å². The average molecular weight is 247 g/mol. The highest BCUT2D eigenvalue weighted by Gasteiger charge is 2.41. The van der Waals surface area contributed by atoms with Crippen LogP contribution in [0, 0.1) is 5.41 Å². The van der Waals surface area contributed by atoms with E-state index >= 15 is 0 Å². The Hall–Kier alpha value is -1.06. The summed E-state index contributed by atoms with van der Waals surface area (Å²) in [5, 5.41) is 0. The van der Waals surface area contributed by atoms with Gasteiger partial charge in [0.05, 0.1) is 13.7 Å². The van der Waals surface area contributed by atoms with Crippen LogP contribution in [0.4, 0.5) is 0 Å². The molecule has 2 heterocycles. The fourth-order valence-corrected chi connectivity index (χ4v) is 3.21. The number of hydrogen-bond acceptors (Lipinski definition) is 3. The molecule has 0 radical (unpaired) electrons. The maximum Gasteiger partial charge on any atom is 0.123 e. The lowest BCUT2D eigenvalue weighted by Crippen LogP contribution is -2.27. The fourth-order valence-electron chi connectivity index (χ4n) is 3.21. The van der Waals surface area contributed by atoms with Gasteiger partial charge in [-0.1, -0.05) is 18.2 Å². The van der Waals surface area contributed by atoms with E-state index in [0.29, 0.717) is 5.41 Å². The zero-order valence-electron chi connectivity index (χ0n) is 11.0. The Morgan fingerprint density at radius 3 is 3.00 bits per heavy atom. The van der Waals surface area contributed by atoms with Crippen molar-refractivity contribution in [2.75, 3.05) is 33.4 Å². The summed E-state index contributed by atoms with van der Waals surface area (Å²) in [5.41, 5.74) is 1.73. The second kappa shape index (κ2) is 4.90. The van der Waals surface area contributed by atoms with Gasteiger partial charge in [0.25, 0.3) is 0 Å². The van der Waals surface area contributed by atoms with Crippen molar-refractivity contribution in [1.29, 1.82) is 0 Å². The molecule has 0 unspecified atom stereocenters. The number of nitrogens with zero attached hydrogens (tertiary/aromatic N) is 1. The van der Waals surface area contributed by atoms with Crippen LogP contribution in [0.3, 0.4) is 0 Å². The van der Waals surface area contributed by atoms with Crippen LogP contribution in [0.15, 0.2) is 24.3 Å². The molecule has 2 aliphatic rings. The van der Waals surface area contributed by atoms with Gasteiger partial charge in [-0.25, -0.2) is 0 Å². The number of rotatable bonds is 3. The van der Waals surface area contributed by atoms with Gasteiger partial charge in [-0.3, -0.25) is 4.90 Å². The van der Waals surface area contributed by atoms with Crippen LogP contribution in [-0.2, 0) is 11.3 Å². The van der Waals surface area contributed by atoms with E-state index in [2.05, 4.69) is 17.0 Å². The van der Waals surface area contributed by atoms with Crippen LogP contribution in [0.5, 0.6) is 5.75 Å². The first-order valence-corrected chi connectivity index (χ1v) is 6.73. The summed E-state index contributed by atoms with van der Waals surface area (Å²) in [5.74, 6) is 1.00. The summed E-state index contributed by atoms with van der Waals surface area (Å²) in [7, 11) is 1.75. The van der Waals surface area contributed by atoms with E-state index in [1.54, 1.807) is 7.11 Å². The molecule has 98 valence electrons. The quantitative estimate of drug-likeness (QED) is 0.818. The molecular formula is C15H21NO2. The number of benzene rings is 1. The standard InChI is InChI=1S/C15H21NO2/c1-17-14-5-3-2-4-13(14)10-16-8-6-15(11-16)7-9-18-12-15/h2-5H,6-12H2,1H3/t15-/m1/s1. The molecule has 3 rings (SSSR count). The van der Waals surface area contributed by atoms with E-state index in [-0.39, 0.29) is 0 Å². The molecule has 2 fully saturated rings. The molecule has 3 heteroatoms. The predicted octanol–water partition coefficient (Wildman–Crippen LogP) is 2.31. The number of likely N-dealkylation sites (tertiary alicyclic amines) is 1. The summed E-state index contributed by atoms with van der Waals surface area (Å²) in [4.78, 5) is 2.53. The molecule has 2 saturated heterocycles. The van der Waals surface area contributed by atoms with Gasteiger partial charge in [-0.2, -0.15) is 0 Å². The van der Waals surface area contributed by atoms with E-state index in [4.69, 9.17) is 9.47 Å². The van der Waals surface area contributed by atoms with E-state index in [9.17, 15) is 0 Å². The van der Waals surface area contributed by atoms with Gasteiger partial charge in [-0.15, -0.1) is 0 Å². The number of ether oxygens (including phenoxy) is 2. The minimum Gasteiger partial charge on any atom is -0.496 e. The molecule has 0 amide bonds. The molecule has 1 spiro atoms. The minimum absolute atomic E-state index is 0.446. The zero-order valence-corrected chi connectivity index (χ0v) is 11.0. The van der Waals surface area contributed by atoms with Gasteiger partial charge in [0.15, 0.2) is 0 Å². The highest BCUT2D eigenvalue weighted by molar-refractivity contribution is 5.33. The van der Waals surface area contributed by atoms with Crippen molar-refractivity contribution in [1.82, 2.24) is 4.90 Å². The van der Waals surface area contributed by atoms with E-state index in [1.165, 1.54) is 31.5 Å². The van der Waals surface area contributed by atoms with Gasteiger partial charge < -0.3 is 9.47 Å². The third kappa shape index (κ3) is 2.25. The Kier molecular flexibility index (Phi) is 3.27. The van der Waals surface area contributed by atoms with Crippen molar-refractivity contribution in [3.05, 3.63) is 29.8 Å². The van der Waals surface area contributed by atoms with Crippen LogP contribution in [-0.4, -0.2) is 38.3 Å². The third-order valence-corrected chi connectivity index (χ3v) is 4.29. The summed E-state index contributed by atoms with van der Waals surface area (Å²) < 4.78 is 11.0. The largest absolute Gasteiger partial charge is 0.496 e. The summed E-state index contributed by atoms with van der Waals surface area (Å²) >= 11 is 0. The minimum atomic E-state index is 0.446. The Morgan fingerprint density at radius 2 is 2.22 bits per heavy atom. The smallest absolute Gasteiger partial charge is 0.123 e. The SMILES string of the molecule is COc1ccccc1CN1CC[C@@]2(CCOC2)C1. The van der Waals surface area contributed by atoms with Crippen LogP contribution in [0.1, 0.15) is 18.4 Å². The molecule has 1 aromatic rings. The number of methoxy groups -OCH3 is 1. The van der Waals surface area contributed by atoms with Gasteiger partial charge >= 0.3 is 0 Å². The first-order valence-electron chi connectivity index (χ1n) is 6.73. The Bertz CT molecular complexity index is 413.